The van der Waals surface area contributed by atoms with Crippen molar-refractivity contribution in [2.45, 2.75) is 117 Å². The number of nitrogens with one attached hydrogen (secondary N) is 1. The van der Waals surface area contributed by atoms with Crippen LogP contribution in [0.2, 0.25) is 0 Å². The van der Waals surface area contributed by atoms with Gasteiger partial charge in [0.15, 0.2) is 5.71 Å². The van der Waals surface area contributed by atoms with E-state index >= 15 is 0 Å². The van der Waals surface area contributed by atoms with Gasteiger partial charge in [0.1, 0.15) is 18.1 Å². The topological polar surface area (TPSA) is 44.6 Å². The van der Waals surface area contributed by atoms with Crippen molar-refractivity contribution in [3.63, 3.8) is 0 Å². The number of hydrogen-bond acceptors (Lipinski definition) is 3. The first kappa shape index (κ1) is 39.1. The van der Waals surface area contributed by atoms with Crippen molar-refractivity contribution in [1.82, 2.24) is 5.23 Å². The first-order valence-electron chi connectivity index (χ1n) is 20.4. The highest BCUT2D eigenvalue weighted by Gasteiger charge is 2.44. The molecule has 54 heavy (non-hydrogen) atoms. The van der Waals surface area contributed by atoms with Gasteiger partial charge >= 0.3 is 0 Å². The molecule has 1 N–H and O–H groups in total. The molecule has 3 aromatic rings. The van der Waals surface area contributed by atoms with Crippen molar-refractivity contribution in [1.29, 1.82) is 0 Å². The number of carbonyl (C=O) groups is 1. The van der Waals surface area contributed by atoms with Crippen LogP contribution in [0.4, 0.5) is 11.4 Å². The Labute approximate surface area is 326 Å². The van der Waals surface area contributed by atoms with Gasteiger partial charge in [-0.25, -0.2) is 0 Å². The Bertz CT molecular complexity index is 2010. The van der Waals surface area contributed by atoms with E-state index in [9.17, 15) is 4.79 Å². The summed E-state index contributed by atoms with van der Waals surface area (Å²) < 4.78 is 9.40. The number of nitrogens with zero attached hydrogens (tertiary/aromatic N) is 2. The third kappa shape index (κ3) is 8.23. The van der Waals surface area contributed by atoms with Gasteiger partial charge < -0.3 is 14.9 Å². The van der Waals surface area contributed by atoms with Crippen molar-refractivity contribution < 1.29 is 14.1 Å². The van der Waals surface area contributed by atoms with Gasteiger partial charge in [-0.2, -0.15) is 4.58 Å². The van der Waals surface area contributed by atoms with Gasteiger partial charge in [-0.3, -0.25) is 4.79 Å². The Hall–Kier alpha value is -4.58. The number of para-hydroxylation sites is 1. The number of allylic oxidation sites excluding steroid dienone is 7. The highest BCUT2D eigenvalue weighted by Crippen LogP contribution is 2.48. The lowest BCUT2D eigenvalue weighted by molar-refractivity contribution is -0.438. The van der Waals surface area contributed by atoms with E-state index in [-0.39, 0.29) is 16.7 Å². The minimum atomic E-state index is -0.167. The molecule has 3 aromatic carbocycles. The van der Waals surface area contributed by atoms with E-state index in [1.165, 1.54) is 75.4 Å². The Morgan fingerprint density at radius 3 is 2.39 bits per heavy atom. The summed E-state index contributed by atoms with van der Waals surface area (Å²) in [6.07, 6.45) is 18.4. The van der Waals surface area contributed by atoms with E-state index in [4.69, 9.17) is 4.74 Å². The van der Waals surface area contributed by atoms with Crippen molar-refractivity contribution in [3.8, 4) is 5.75 Å². The number of hydrogen-bond donors (Lipinski definition) is 1. The van der Waals surface area contributed by atoms with Crippen LogP contribution in [0.25, 0.3) is 0 Å². The number of fused-ring (bicyclic) bond motifs is 2. The molecule has 0 unspecified atom stereocenters. The second-order valence-corrected chi connectivity index (χ2v) is 16.5. The van der Waals surface area contributed by atoms with E-state index in [0.29, 0.717) is 6.42 Å². The van der Waals surface area contributed by atoms with E-state index in [0.717, 1.165) is 56.7 Å². The maximum atomic E-state index is 12.0. The Morgan fingerprint density at radius 1 is 0.870 bits per heavy atom. The molecule has 0 atom stereocenters. The van der Waals surface area contributed by atoms with Crippen molar-refractivity contribution >= 4 is 31.0 Å². The average Bonchev–Trinajstić information content (AvgIpc) is 3.50. The highest BCUT2D eigenvalue weighted by molar-refractivity contribution is 6.14. The number of ether oxygens (including phenoxy) is 1. The summed E-state index contributed by atoms with van der Waals surface area (Å²) in [5, 5.41) is 2.77. The molecule has 6 heteroatoms. The SMILES string of the molecule is BNC(=O)CCCC[N+]1=C(/C=C/C2=C(Oc3ccc(C)cc3)C(=C/C=C3/N(CCCCC)c4ccccc4C3(C)C)/CCC2)C(C)(C)c2cc(C)ccc21. The van der Waals surface area contributed by atoms with Crippen molar-refractivity contribution in [2.24, 2.45) is 0 Å². The van der Waals surface area contributed by atoms with Gasteiger partial charge in [-0.05, 0) is 113 Å². The molecule has 1 amide bonds. The number of unbranched alkanes of at least 4 members (excludes halogenated alkanes) is 3. The van der Waals surface area contributed by atoms with Crippen LogP contribution in [0.1, 0.15) is 115 Å². The van der Waals surface area contributed by atoms with Crippen LogP contribution in [0.3, 0.4) is 0 Å². The molecular weight excluding hydrogens is 661 g/mol. The molecule has 0 aromatic heterocycles. The van der Waals surface area contributed by atoms with Crippen LogP contribution < -0.4 is 14.9 Å². The summed E-state index contributed by atoms with van der Waals surface area (Å²) in [7, 11) is 1.71. The van der Waals surface area contributed by atoms with Gasteiger partial charge in [0, 0.05) is 53.9 Å². The van der Waals surface area contributed by atoms with Gasteiger partial charge in [0.25, 0.3) is 0 Å². The molecule has 5 nitrogen and oxygen atoms in total. The molecular formula is C48H61BN3O2+. The molecule has 0 radical (unpaired) electrons. The van der Waals surface area contributed by atoms with Crippen molar-refractivity contribution in [3.05, 3.63) is 136 Å². The smallest absolute Gasteiger partial charge is 0.217 e. The fourth-order valence-corrected chi connectivity index (χ4v) is 8.55. The molecule has 0 saturated carbocycles. The zero-order valence-corrected chi connectivity index (χ0v) is 34.1. The molecule has 1 aliphatic carbocycles. The maximum absolute atomic E-state index is 12.0. The normalized spacial score (nSPS) is 18.9. The minimum Gasteiger partial charge on any atom is -0.457 e. The second-order valence-electron chi connectivity index (χ2n) is 16.5. The number of rotatable bonds is 14. The molecule has 0 spiro atoms. The number of carbonyl (C=O) groups excluding carboxylic acids is 1. The van der Waals surface area contributed by atoms with Gasteiger partial charge in [0.05, 0.1) is 5.41 Å². The first-order valence-corrected chi connectivity index (χ1v) is 20.4. The number of amides is 1. The van der Waals surface area contributed by atoms with Gasteiger partial charge in [-0.1, -0.05) is 87.2 Å². The molecule has 0 fully saturated rings. The third-order valence-corrected chi connectivity index (χ3v) is 11.7. The maximum Gasteiger partial charge on any atom is 0.217 e. The summed E-state index contributed by atoms with van der Waals surface area (Å²) in [5.41, 5.74) is 12.7. The molecule has 3 aliphatic rings. The number of benzene rings is 3. The standard InChI is InChI=1S/C48H60BN3O2/c1-8-9-13-31-51-41-19-11-10-18-39(41)47(4,5)43(51)29-24-36-16-15-17-37(46(36)54-38-26-21-34(2)22-27-38)25-30-44-48(6,7)40-33-35(3)23-28-42(40)52(44)32-14-12-20-45(53)50-49/h10-11,18-19,21-30,33H,8-9,12-17,20,31-32,49H2,1-7H3/p+1. The average molecular weight is 723 g/mol. The van der Waals surface area contributed by atoms with Crippen LogP contribution in [-0.2, 0) is 15.6 Å². The van der Waals surface area contributed by atoms with E-state index in [2.05, 4.69) is 154 Å². The summed E-state index contributed by atoms with van der Waals surface area (Å²) in [6.45, 7) is 17.9. The second kappa shape index (κ2) is 16.8. The first-order chi connectivity index (χ1) is 25.9. The van der Waals surface area contributed by atoms with Crippen LogP contribution in [0.15, 0.2) is 114 Å². The summed E-state index contributed by atoms with van der Waals surface area (Å²) in [4.78, 5) is 14.6. The fraction of sp³-hybridized carbons (Fsp3) is 0.417. The molecule has 0 bridgehead atoms. The molecule has 282 valence electrons. The lowest BCUT2D eigenvalue weighted by Gasteiger charge is -2.27. The van der Waals surface area contributed by atoms with Crippen LogP contribution in [-0.4, -0.2) is 37.3 Å². The lowest BCUT2D eigenvalue weighted by Crippen LogP contribution is -2.28. The van der Waals surface area contributed by atoms with Gasteiger partial charge in [0.2, 0.25) is 19.6 Å². The quantitative estimate of drug-likeness (QED) is 0.102. The predicted molar refractivity (Wildman–Crippen MR) is 229 cm³/mol. The number of aryl methyl sites for hydroxylation is 2. The zero-order valence-electron chi connectivity index (χ0n) is 34.1. The van der Waals surface area contributed by atoms with E-state index in [1.807, 2.05) is 0 Å². The number of anilines is 1. The van der Waals surface area contributed by atoms with E-state index in [1.54, 1.807) is 7.98 Å². The summed E-state index contributed by atoms with van der Waals surface area (Å²) in [5.74, 6) is 1.95. The molecule has 2 aliphatic heterocycles. The predicted octanol–water partition coefficient (Wildman–Crippen LogP) is 10.4. The minimum absolute atomic E-state index is 0.0964. The van der Waals surface area contributed by atoms with Crippen LogP contribution >= 0.6 is 0 Å². The van der Waals surface area contributed by atoms with Crippen LogP contribution in [0, 0.1) is 13.8 Å². The van der Waals surface area contributed by atoms with Crippen LogP contribution in [0.5, 0.6) is 5.75 Å². The molecule has 2 heterocycles. The largest absolute Gasteiger partial charge is 0.457 e. The molecule has 0 saturated heterocycles. The summed E-state index contributed by atoms with van der Waals surface area (Å²) in [6, 6.07) is 24.2. The molecule has 6 rings (SSSR count). The highest BCUT2D eigenvalue weighted by atomic mass is 16.5. The van der Waals surface area contributed by atoms with Gasteiger partial charge in [-0.15, -0.1) is 0 Å². The Kier molecular flexibility index (Phi) is 12.2. The van der Waals surface area contributed by atoms with Crippen molar-refractivity contribution in [2.75, 3.05) is 18.0 Å². The monoisotopic (exact) mass is 722 g/mol. The zero-order chi connectivity index (χ0) is 38.5. The Balaban J connectivity index is 1.41. The third-order valence-electron chi connectivity index (χ3n) is 11.7. The fourth-order valence-electron chi connectivity index (χ4n) is 8.55. The Morgan fingerprint density at radius 2 is 1.63 bits per heavy atom. The lowest BCUT2D eigenvalue weighted by atomic mass is 9.80. The van der Waals surface area contributed by atoms with E-state index < -0.39 is 0 Å². The summed E-state index contributed by atoms with van der Waals surface area (Å²) >= 11 is 0.